The molecule has 1 heterocycles. The van der Waals surface area contributed by atoms with E-state index in [-0.39, 0.29) is 5.56 Å². The minimum Gasteiger partial charge on any atom is -0.478 e. The van der Waals surface area contributed by atoms with Crippen LogP contribution in [0, 0.1) is 0 Å². The van der Waals surface area contributed by atoms with E-state index in [1.165, 1.54) is 6.07 Å². The van der Waals surface area contributed by atoms with Gasteiger partial charge in [-0.2, -0.15) is 11.3 Å². The van der Waals surface area contributed by atoms with Crippen molar-refractivity contribution in [2.45, 2.75) is 25.4 Å². The lowest BCUT2D eigenvalue weighted by Gasteiger charge is -2.27. The molecular weight excluding hydrogens is 308 g/mol. The molecule has 0 amide bonds. The van der Waals surface area contributed by atoms with E-state index in [9.17, 15) is 9.90 Å². The molecule has 0 atom stereocenters. The van der Waals surface area contributed by atoms with Crippen molar-refractivity contribution in [3.8, 4) is 0 Å². The van der Waals surface area contributed by atoms with Crippen LogP contribution in [0.5, 0.6) is 0 Å². The molecular formula is C15H15ClN2O2S. The van der Waals surface area contributed by atoms with Crippen LogP contribution in [0.1, 0.15) is 28.8 Å². The highest BCUT2D eigenvalue weighted by Crippen LogP contribution is 2.40. The smallest absolute Gasteiger partial charge is 0.337 e. The quantitative estimate of drug-likeness (QED) is 0.820. The number of benzene rings is 1. The average Bonchev–Trinajstić information content (AvgIpc) is 3.13. The normalized spacial score (nSPS) is 14.1. The highest BCUT2D eigenvalue weighted by Gasteiger charge is 2.33. The molecule has 21 heavy (non-hydrogen) atoms. The zero-order chi connectivity index (χ0) is 15.0. The number of hydrogen-bond acceptors (Lipinski definition) is 4. The van der Waals surface area contributed by atoms with Crippen molar-refractivity contribution in [1.82, 2.24) is 0 Å². The van der Waals surface area contributed by atoms with Gasteiger partial charge >= 0.3 is 5.97 Å². The number of carbonyl (C=O) groups is 1. The molecule has 2 aromatic rings. The van der Waals surface area contributed by atoms with Gasteiger partial charge in [0.1, 0.15) is 0 Å². The van der Waals surface area contributed by atoms with E-state index < -0.39 is 5.97 Å². The van der Waals surface area contributed by atoms with E-state index in [2.05, 4.69) is 10.3 Å². The number of aromatic carboxylic acids is 1. The minimum absolute atomic E-state index is 0.169. The monoisotopic (exact) mass is 322 g/mol. The predicted octanol–water partition coefficient (Wildman–Crippen LogP) is 3.85. The lowest BCUT2D eigenvalue weighted by Crippen LogP contribution is -2.27. The number of rotatable bonds is 5. The molecule has 1 saturated carbocycles. The summed E-state index contributed by atoms with van der Waals surface area (Å²) in [4.78, 5) is 13.6. The maximum atomic E-state index is 11.5. The molecule has 0 aliphatic heterocycles. The zero-order valence-corrected chi connectivity index (χ0v) is 12.8. The Labute approximate surface area is 131 Å². The van der Waals surface area contributed by atoms with Crippen LogP contribution in [0.25, 0.3) is 0 Å². The first-order valence-corrected chi connectivity index (χ1v) is 7.98. The Morgan fingerprint density at radius 2 is 2.24 bits per heavy atom. The summed E-state index contributed by atoms with van der Waals surface area (Å²) < 4.78 is 0. The number of carboxylic acid groups (broad SMARTS) is 1. The summed E-state index contributed by atoms with van der Waals surface area (Å²) >= 11 is 7.93. The SMILES string of the molecule is Nc1cc(Cl)c(N(Cc2ccsc2)C2CC2)c(C(=O)O)c1. The molecule has 1 aromatic carbocycles. The van der Waals surface area contributed by atoms with Crippen molar-refractivity contribution in [1.29, 1.82) is 0 Å². The van der Waals surface area contributed by atoms with Crippen LogP contribution in [0.3, 0.4) is 0 Å². The molecule has 1 aliphatic rings. The average molecular weight is 323 g/mol. The van der Waals surface area contributed by atoms with E-state index in [0.717, 1.165) is 18.4 Å². The molecule has 1 fully saturated rings. The van der Waals surface area contributed by atoms with Crippen molar-refractivity contribution in [2.24, 2.45) is 0 Å². The van der Waals surface area contributed by atoms with Gasteiger partial charge in [0, 0.05) is 18.3 Å². The maximum absolute atomic E-state index is 11.5. The first-order valence-electron chi connectivity index (χ1n) is 6.66. The molecule has 1 aliphatic carbocycles. The van der Waals surface area contributed by atoms with Gasteiger partial charge < -0.3 is 15.7 Å². The summed E-state index contributed by atoms with van der Waals surface area (Å²) in [6.45, 7) is 0.665. The number of carboxylic acids is 1. The van der Waals surface area contributed by atoms with Crippen molar-refractivity contribution >= 4 is 40.3 Å². The molecule has 0 saturated heterocycles. The highest BCUT2D eigenvalue weighted by molar-refractivity contribution is 7.07. The Balaban J connectivity index is 2.04. The number of nitrogen functional groups attached to an aromatic ring is 1. The molecule has 110 valence electrons. The van der Waals surface area contributed by atoms with Crippen LogP contribution in [0.2, 0.25) is 5.02 Å². The highest BCUT2D eigenvalue weighted by atomic mass is 35.5. The fraction of sp³-hybridized carbons (Fsp3) is 0.267. The van der Waals surface area contributed by atoms with Gasteiger partial charge in [0.25, 0.3) is 0 Å². The Morgan fingerprint density at radius 3 is 2.81 bits per heavy atom. The topological polar surface area (TPSA) is 66.6 Å². The molecule has 1 aromatic heterocycles. The Kier molecular flexibility index (Phi) is 3.78. The summed E-state index contributed by atoms with van der Waals surface area (Å²) in [5, 5.41) is 13.9. The van der Waals surface area contributed by atoms with Gasteiger partial charge in [-0.05, 0) is 47.4 Å². The summed E-state index contributed by atoms with van der Waals surface area (Å²) in [5.41, 5.74) is 8.01. The summed E-state index contributed by atoms with van der Waals surface area (Å²) in [5.74, 6) is -1.00. The van der Waals surface area contributed by atoms with Crippen molar-refractivity contribution in [3.63, 3.8) is 0 Å². The van der Waals surface area contributed by atoms with E-state index in [4.69, 9.17) is 17.3 Å². The Morgan fingerprint density at radius 1 is 1.48 bits per heavy atom. The molecule has 0 unspecified atom stereocenters. The Bertz CT molecular complexity index is 669. The molecule has 4 nitrogen and oxygen atoms in total. The number of anilines is 2. The van der Waals surface area contributed by atoms with Crippen LogP contribution in [-0.4, -0.2) is 17.1 Å². The zero-order valence-electron chi connectivity index (χ0n) is 11.3. The number of hydrogen-bond donors (Lipinski definition) is 2. The fourth-order valence-corrected chi connectivity index (χ4v) is 3.43. The number of nitrogens with two attached hydrogens (primary N) is 1. The van der Waals surface area contributed by atoms with E-state index in [0.29, 0.717) is 29.0 Å². The molecule has 0 radical (unpaired) electrons. The Hall–Kier alpha value is -1.72. The molecule has 3 N–H and O–H groups in total. The first kappa shape index (κ1) is 14.2. The number of nitrogens with zero attached hydrogens (tertiary/aromatic N) is 1. The molecule has 0 spiro atoms. The third-order valence-electron chi connectivity index (χ3n) is 3.52. The van der Waals surface area contributed by atoms with Gasteiger partial charge in [0.05, 0.1) is 16.3 Å². The first-order chi connectivity index (χ1) is 10.1. The molecule has 0 bridgehead atoms. The van der Waals surface area contributed by atoms with E-state index in [1.54, 1.807) is 17.4 Å². The largest absolute Gasteiger partial charge is 0.478 e. The van der Waals surface area contributed by atoms with Gasteiger partial charge in [0.2, 0.25) is 0 Å². The summed E-state index contributed by atoms with van der Waals surface area (Å²) in [7, 11) is 0. The fourth-order valence-electron chi connectivity index (χ4n) is 2.43. The van der Waals surface area contributed by atoms with Gasteiger partial charge in [-0.1, -0.05) is 11.6 Å². The standard InChI is InChI=1S/C15H15ClN2O2S/c16-13-6-10(17)5-12(15(19)20)14(13)18(11-1-2-11)7-9-3-4-21-8-9/h3-6,8,11H,1-2,7,17H2,(H,19,20). The van der Waals surface area contributed by atoms with Crippen molar-refractivity contribution < 1.29 is 9.90 Å². The molecule has 3 rings (SSSR count). The second-order valence-electron chi connectivity index (χ2n) is 5.19. The van der Waals surface area contributed by atoms with Crippen molar-refractivity contribution in [2.75, 3.05) is 10.6 Å². The third kappa shape index (κ3) is 2.99. The second kappa shape index (κ2) is 5.58. The van der Waals surface area contributed by atoms with Gasteiger partial charge in [-0.15, -0.1) is 0 Å². The van der Waals surface area contributed by atoms with E-state index >= 15 is 0 Å². The van der Waals surface area contributed by atoms with Crippen LogP contribution in [-0.2, 0) is 6.54 Å². The molecule has 6 heteroatoms. The van der Waals surface area contributed by atoms with Gasteiger partial charge in [-0.3, -0.25) is 0 Å². The summed E-state index contributed by atoms with van der Waals surface area (Å²) in [6, 6.07) is 5.49. The maximum Gasteiger partial charge on any atom is 0.337 e. The third-order valence-corrected chi connectivity index (χ3v) is 4.54. The number of thiophene rings is 1. The van der Waals surface area contributed by atoms with E-state index in [1.807, 2.05) is 11.4 Å². The summed E-state index contributed by atoms with van der Waals surface area (Å²) in [6.07, 6.45) is 2.12. The van der Waals surface area contributed by atoms with Crippen LogP contribution >= 0.6 is 22.9 Å². The predicted molar refractivity (Wildman–Crippen MR) is 86.3 cm³/mol. The lowest BCUT2D eigenvalue weighted by molar-refractivity contribution is 0.0697. The lowest BCUT2D eigenvalue weighted by atomic mass is 10.1. The van der Waals surface area contributed by atoms with Crippen LogP contribution in [0.15, 0.2) is 29.0 Å². The van der Waals surface area contributed by atoms with Crippen LogP contribution in [0.4, 0.5) is 11.4 Å². The van der Waals surface area contributed by atoms with Crippen molar-refractivity contribution in [3.05, 3.63) is 45.1 Å². The minimum atomic E-state index is -1.00. The number of halogens is 1. The van der Waals surface area contributed by atoms with Gasteiger partial charge in [-0.25, -0.2) is 4.79 Å². The van der Waals surface area contributed by atoms with Gasteiger partial charge in [0.15, 0.2) is 0 Å². The second-order valence-corrected chi connectivity index (χ2v) is 6.38. The van der Waals surface area contributed by atoms with Crippen LogP contribution < -0.4 is 10.6 Å².